The summed E-state index contributed by atoms with van der Waals surface area (Å²) in [6, 6.07) is 7.24. The molecule has 6 heteroatoms. The van der Waals surface area contributed by atoms with Crippen molar-refractivity contribution in [1.82, 2.24) is 10.3 Å². The summed E-state index contributed by atoms with van der Waals surface area (Å²) in [4.78, 5) is 26.3. The standard InChI is InChI=1S/C16H17ClN2O3/c17-11-3-6-13-10(7-11)8-14(19-13)15(20)18-12-4-1-9(2-5-12)16(21)22/h3,6-9,12,19H,1-2,4-5H2,(H,18,20)(H,21,22). The van der Waals surface area contributed by atoms with Gasteiger partial charge in [0.2, 0.25) is 0 Å². The van der Waals surface area contributed by atoms with Gasteiger partial charge in [-0.15, -0.1) is 0 Å². The minimum absolute atomic E-state index is 0.0399. The highest BCUT2D eigenvalue weighted by atomic mass is 35.5. The largest absolute Gasteiger partial charge is 0.481 e. The fourth-order valence-electron chi connectivity index (χ4n) is 2.97. The highest BCUT2D eigenvalue weighted by molar-refractivity contribution is 6.31. The average Bonchev–Trinajstić information content (AvgIpc) is 2.91. The zero-order valence-corrected chi connectivity index (χ0v) is 12.7. The van der Waals surface area contributed by atoms with E-state index in [0.29, 0.717) is 36.4 Å². The number of carboxylic acid groups (broad SMARTS) is 1. The van der Waals surface area contributed by atoms with Gasteiger partial charge >= 0.3 is 5.97 Å². The molecule has 1 amide bonds. The van der Waals surface area contributed by atoms with Crippen molar-refractivity contribution in [2.24, 2.45) is 5.92 Å². The molecule has 0 saturated heterocycles. The molecule has 0 bridgehead atoms. The molecule has 1 aromatic carbocycles. The number of carbonyl (C=O) groups excluding carboxylic acids is 1. The van der Waals surface area contributed by atoms with Crippen LogP contribution in [0.1, 0.15) is 36.2 Å². The summed E-state index contributed by atoms with van der Waals surface area (Å²) in [5, 5.41) is 13.5. The van der Waals surface area contributed by atoms with E-state index in [1.54, 1.807) is 12.1 Å². The summed E-state index contributed by atoms with van der Waals surface area (Å²) < 4.78 is 0. The van der Waals surface area contributed by atoms with Gasteiger partial charge in [0, 0.05) is 22.0 Å². The number of benzene rings is 1. The molecule has 1 aliphatic rings. The van der Waals surface area contributed by atoms with Crippen molar-refractivity contribution in [1.29, 1.82) is 0 Å². The van der Waals surface area contributed by atoms with Crippen LogP contribution >= 0.6 is 11.6 Å². The van der Waals surface area contributed by atoms with Crippen molar-refractivity contribution in [2.75, 3.05) is 0 Å². The summed E-state index contributed by atoms with van der Waals surface area (Å²) in [7, 11) is 0. The lowest BCUT2D eigenvalue weighted by atomic mass is 9.86. The molecule has 1 aromatic heterocycles. The van der Waals surface area contributed by atoms with Gasteiger partial charge in [-0.1, -0.05) is 11.6 Å². The Balaban J connectivity index is 1.65. The molecule has 0 radical (unpaired) electrons. The van der Waals surface area contributed by atoms with Crippen molar-refractivity contribution in [3.05, 3.63) is 35.0 Å². The molecule has 0 aliphatic heterocycles. The van der Waals surface area contributed by atoms with E-state index in [1.165, 1.54) is 0 Å². The summed E-state index contributed by atoms with van der Waals surface area (Å²) >= 11 is 5.94. The number of hydrogen-bond acceptors (Lipinski definition) is 2. The van der Waals surface area contributed by atoms with Gasteiger partial charge in [-0.3, -0.25) is 9.59 Å². The minimum Gasteiger partial charge on any atom is -0.481 e. The number of fused-ring (bicyclic) bond motifs is 1. The lowest BCUT2D eigenvalue weighted by Crippen LogP contribution is -2.38. The first-order valence-electron chi connectivity index (χ1n) is 7.35. The van der Waals surface area contributed by atoms with Crippen LogP contribution in [-0.4, -0.2) is 28.0 Å². The topological polar surface area (TPSA) is 82.2 Å². The zero-order valence-electron chi connectivity index (χ0n) is 11.9. The van der Waals surface area contributed by atoms with E-state index in [1.807, 2.05) is 12.1 Å². The number of nitrogens with one attached hydrogen (secondary N) is 2. The molecule has 0 atom stereocenters. The third kappa shape index (κ3) is 3.09. The number of aromatic amines is 1. The number of aliphatic carboxylic acids is 1. The van der Waals surface area contributed by atoms with E-state index < -0.39 is 5.97 Å². The minimum atomic E-state index is -0.739. The highest BCUT2D eigenvalue weighted by Crippen LogP contribution is 2.25. The van der Waals surface area contributed by atoms with Gasteiger partial charge in [0.25, 0.3) is 5.91 Å². The number of H-pyrrole nitrogens is 1. The molecule has 22 heavy (non-hydrogen) atoms. The zero-order chi connectivity index (χ0) is 15.7. The van der Waals surface area contributed by atoms with Gasteiger partial charge in [-0.25, -0.2) is 0 Å². The predicted molar refractivity (Wildman–Crippen MR) is 84.2 cm³/mol. The maximum absolute atomic E-state index is 12.3. The first-order chi connectivity index (χ1) is 10.5. The lowest BCUT2D eigenvalue weighted by Gasteiger charge is -2.26. The summed E-state index contributed by atoms with van der Waals surface area (Å²) in [5.74, 6) is -1.17. The maximum Gasteiger partial charge on any atom is 0.306 e. The van der Waals surface area contributed by atoms with E-state index in [4.69, 9.17) is 16.7 Å². The highest BCUT2D eigenvalue weighted by Gasteiger charge is 2.27. The third-order valence-electron chi connectivity index (χ3n) is 4.24. The fourth-order valence-corrected chi connectivity index (χ4v) is 3.15. The molecule has 116 valence electrons. The first kappa shape index (κ1) is 14.9. The van der Waals surface area contributed by atoms with Crippen LogP contribution in [0, 0.1) is 5.92 Å². The smallest absolute Gasteiger partial charge is 0.306 e. The number of rotatable bonds is 3. The SMILES string of the molecule is O=C(NC1CCC(C(=O)O)CC1)c1cc2cc(Cl)ccc2[nH]1. The van der Waals surface area contributed by atoms with Crippen LogP contribution in [-0.2, 0) is 4.79 Å². The Labute approximate surface area is 132 Å². The van der Waals surface area contributed by atoms with Crippen LogP contribution in [0.5, 0.6) is 0 Å². The van der Waals surface area contributed by atoms with Crippen LogP contribution in [0.15, 0.2) is 24.3 Å². The Kier molecular flexibility index (Phi) is 4.07. The van der Waals surface area contributed by atoms with E-state index in [2.05, 4.69) is 10.3 Å². The Morgan fingerprint density at radius 3 is 2.59 bits per heavy atom. The third-order valence-corrected chi connectivity index (χ3v) is 4.47. The van der Waals surface area contributed by atoms with E-state index >= 15 is 0 Å². The number of carboxylic acids is 1. The van der Waals surface area contributed by atoms with Crippen molar-refractivity contribution in [3.8, 4) is 0 Å². The molecular formula is C16H17ClN2O3. The second kappa shape index (κ2) is 6.01. The normalized spacial score (nSPS) is 21.7. The van der Waals surface area contributed by atoms with E-state index in [0.717, 1.165) is 10.9 Å². The van der Waals surface area contributed by atoms with Crippen LogP contribution in [0.25, 0.3) is 10.9 Å². The monoisotopic (exact) mass is 320 g/mol. The van der Waals surface area contributed by atoms with Crippen molar-refractivity contribution in [3.63, 3.8) is 0 Å². The van der Waals surface area contributed by atoms with Gasteiger partial charge in [0.15, 0.2) is 0 Å². The fraction of sp³-hybridized carbons (Fsp3) is 0.375. The van der Waals surface area contributed by atoms with Gasteiger partial charge in [-0.05, 0) is 49.9 Å². The predicted octanol–water partition coefficient (Wildman–Crippen LogP) is 3.19. The summed E-state index contributed by atoms with van der Waals surface area (Å²) in [5.41, 5.74) is 1.36. The number of amides is 1. The second-order valence-corrected chi connectivity index (χ2v) is 6.21. The van der Waals surface area contributed by atoms with Crippen molar-refractivity contribution < 1.29 is 14.7 Å². The Bertz CT molecular complexity index is 717. The molecule has 1 saturated carbocycles. The number of hydrogen-bond donors (Lipinski definition) is 3. The summed E-state index contributed by atoms with van der Waals surface area (Å²) in [6.07, 6.45) is 2.63. The molecule has 0 spiro atoms. The number of aromatic nitrogens is 1. The van der Waals surface area contributed by atoms with E-state index in [9.17, 15) is 9.59 Å². The first-order valence-corrected chi connectivity index (χ1v) is 7.72. The van der Waals surface area contributed by atoms with Crippen LogP contribution < -0.4 is 5.32 Å². The molecule has 0 unspecified atom stereocenters. The number of carbonyl (C=O) groups is 2. The van der Waals surface area contributed by atoms with Crippen molar-refractivity contribution >= 4 is 34.4 Å². The van der Waals surface area contributed by atoms with Gasteiger partial charge in [0.1, 0.15) is 5.69 Å². The van der Waals surface area contributed by atoms with Crippen molar-refractivity contribution in [2.45, 2.75) is 31.7 Å². The molecule has 1 fully saturated rings. The maximum atomic E-state index is 12.3. The van der Waals surface area contributed by atoms with Crippen LogP contribution in [0.4, 0.5) is 0 Å². The molecule has 1 aliphatic carbocycles. The van der Waals surface area contributed by atoms with Crippen LogP contribution in [0.2, 0.25) is 5.02 Å². The Morgan fingerprint density at radius 2 is 1.91 bits per heavy atom. The van der Waals surface area contributed by atoms with Gasteiger partial charge in [-0.2, -0.15) is 0 Å². The number of halogens is 1. The molecule has 3 N–H and O–H groups in total. The summed E-state index contributed by atoms with van der Waals surface area (Å²) in [6.45, 7) is 0. The van der Waals surface area contributed by atoms with Gasteiger partial charge < -0.3 is 15.4 Å². The Hall–Kier alpha value is -2.01. The van der Waals surface area contributed by atoms with E-state index in [-0.39, 0.29) is 17.9 Å². The van der Waals surface area contributed by atoms with Gasteiger partial charge in [0.05, 0.1) is 5.92 Å². The molecular weight excluding hydrogens is 304 g/mol. The lowest BCUT2D eigenvalue weighted by molar-refractivity contribution is -0.142. The molecule has 2 aromatic rings. The quantitative estimate of drug-likeness (QED) is 0.812. The Morgan fingerprint density at radius 1 is 1.18 bits per heavy atom. The molecule has 5 nitrogen and oxygen atoms in total. The van der Waals surface area contributed by atoms with Crippen LogP contribution in [0.3, 0.4) is 0 Å². The second-order valence-electron chi connectivity index (χ2n) is 5.77. The molecule has 1 heterocycles. The molecule has 3 rings (SSSR count). The average molecular weight is 321 g/mol.